The van der Waals surface area contributed by atoms with Crippen LogP contribution in [0.3, 0.4) is 0 Å². The molecule has 3 nitrogen and oxygen atoms in total. The minimum atomic E-state index is -0.583. The molecule has 0 aliphatic heterocycles. The van der Waals surface area contributed by atoms with E-state index in [0.717, 1.165) is 4.91 Å². The van der Waals surface area contributed by atoms with Crippen molar-refractivity contribution in [2.75, 3.05) is 20.0 Å². The van der Waals surface area contributed by atoms with Crippen molar-refractivity contribution in [3.63, 3.8) is 0 Å². The first-order valence-corrected chi connectivity index (χ1v) is 4.35. The maximum absolute atomic E-state index is 9.34. The summed E-state index contributed by atoms with van der Waals surface area (Å²) in [4.78, 5) is 4.33. The van der Waals surface area contributed by atoms with Gasteiger partial charge >= 0.3 is 0 Å². The van der Waals surface area contributed by atoms with Crippen molar-refractivity contribution in [2.24, 2.45) is 4.99 Å². The molecule has 1 unspecified atom stereocenters. The molecule has 0 aromatic carbocycles. The van der Waals surface area contributed by atoms with Gasteiger partial charge in [-0.05, 0) is 13.0 Å². The third-order valence-corrected chi connectivity index (χ3v) is 1.96. The number of aliphatic hydroxyl groups excluding tert-OH is 1. The van der Waals surface area contributed by atoms with Crippen molar-refractivity contribution >= 4 is 18.5 Å². The molecule has 11 heavy (non-hydrogen) atoms. The molecule has 0 radical (unpaired) electrons. The molecule has 0 spiro atoms. The Kier molecular flexibility index (Phi) is 6.21. The molecule has 0 heterocycles. The van der Waals surface area contributed by atoms with E-state index in [1.54, 1.807) is 7.11 Å². The topological polar surface area (TPSA) is 41.8 Å². The molecule has 0 aliphatic carbocycles. The number of ether oxygens (including phenoxy) is 1. The second kappa shape index (κ2) is 6.39. The van der Waals surface area contributed by atoms with Crippen LogP contribution in [-0.2, 0) is 4.74 Å². The first-order valence-electron chi connectivity index (χ1n) is 3.13. The number of nitrogens with zero attached hydrogens (tertiary/aromatic N) is 1. The zero-order valence-corrected chi connectivity index (χ0v) is 7.60. The molecule has 0 aromatic heterocycles. The van der Waals surface area contributed by atoms with Gasteiger partial charge in [0.25, 0.3) is 0 Å². The molecule has 0 aliphatic rings. The Balaban J connectivity index is 4.01. The molecule has 0 amide bonds. The number of hydrogen-bond acceptors (Lipinski definition) is 4. The van der Waals surface area contributed by atoms with Crippen LogP contribution in [0.1, 0.15) is 0 Å². The molecule has 1 N–H and O–H groups in total. The van der Waals surface area contributed by atoms with E-state index in [4.69, 9.17) is 4.74 Å². The van der Waals surface area contributed by atoms with Crippen molar-refractivity contribution in [1.29, 1.82) is 0 Å². The van der Waals surface area contributed by atoms with Gasteiger partial charge in [-0.15, -0.1) is 11.8 Å². The minimum absolute atomic E-state index is 0.294. The monoisotopic (exact) mass is 175 g/mol. The van der Waals surface area contributed by atoms with Crippen molar-refractivity contribution in [1.82, 2.24) is 0 Å². The highest BCUT2D eigenvalue weighted by Gasteiger charge is 2.08. The smallest absolute Gasteiger partial charge is 0.110 e. The van der Waals surface area contributed by atoms with E-state index in [9.17, 15) is 5.11 Å². The highest BCUT2D eigenvalue weighted by atomic mass is 32.2. The van der Waals surface area contributed by atoms with Crippen LogP contribution in [0.25, 0.3) is 0 Å². The fourth-order valence-corrected chi connectivity index (χ4v) is 1.12. The predicted molar refractivity (Wildman–Crippen MR) is 49.0 cm³/mol. The Morgan fingerprint density at radius 1 is 1.91 bits per heavy atom. The summed E-state index contributed by atoms with van der Waals surface area (Å²) in [6.45, 7) is 3.59. The van der Waals surface area contributed by atoms with Crippen LogP contribution >= 0.6 is 11.8 Å². The summed E-state index contributed by atoms with van der Waals surface area (Å²) in [5, 5.41) is 9.34. The maximum atomic E-state index is 9.34. The summed E-state index contributed by atoms with van der Waals surface area (Å²) in [6, 6.07) is 0. The van der Waals surface area contributed by atoms with Gasteiger partial charge in [-0.2, -0.15) is 0 Å². The first-order chi connectivity index (χ1) is 5.26. The van der Waals surface area contributed by atoms with E-state index in [2.05, 4.69) is 11.7 Å². The lowest BCUT2D eigenvalue weighted by Gasteiger charge is -2.09. The van der Waals surface area contributed by atoms with E-state index < -0.39 is 6.10 Å². The fourth-order valence-electron chi connectivity index (χ4n) is 0.605. The average molecular weight is 175 g/mol. The number of hydrogen-bond donors (Lipinski definition) is 1. The summed E-state index contributed by atoms with van der Waals surface area (Å²) in [5.41, 5.74) is 0. The number of thioether (sulfide) groups is 1. The summed E-state index contributed by atoms with van der Waals surface area (Å²) >= 11 is 1.44. The molecular formula is C7H13NO2S. The predicted octanol–water partition coefficient (Wildman–Crippen LogP) is 0.899. The van der Waals surface area contributed by atoms with Crippen LogP contribution in [0.4, 0.5) is 0 Å². The van der Waals surface area contributed by atoms with Crippen LogP contribution in [0, 0.1) is 0 Å². The Bertz CT molecular complexity index is 147. The van der Waals surface area contributed by atoms with Crippen molar-refractivity contribution < 1.29 is 9.84 Å². The molecule has 1 atom stereocenters. The second-order valence-corrected chi connectivity index (χ2v) is 2.77. The van der Waals surface area contributed by atoms with E-state index in [0.29, 0.717) is 6.61 Å². The van der Waals surface area contributed by atoms with E-state index in [-0.39, 0.29) is 0 Å². The molecule has 4 heteroatoms. The Morgan fingerprint density at radius 2 is 2.55 bits per heavy atom. The highest BCUT2D eigenvalue weighted by molar-refractivity contribution is 8.02. The zero-order valence-electron chi connectivity index (χ0n) is 6.78. The lowest BCUT2D eigenvalue weighted by atomic mass is 10.4. The quantitative estimate of drug-likeness (QED) is 0.631. The van der Waals surface area contributed by atoms with Crippen LogP contribution in [-0.4, -0.2) is 37.9 Å². The van der Waals surface area contributed by atoms with Gasteiger partial charge in [-0.25, -0.2) is 0 Å². The van der Waals surface area contributed by atoms with Gasteiger partial charge < -0.3 is 9.84 Å². The SMILES string of the molecule is C=N/C=C(\SC)C(O)COC. The average Bonchev–Trinajstić information content (AvgIpc) is 2.00. The van der Waals surface area contributed by atoms with Gasteiger partial charge in [0.2, 0.25) is 0 Å². The number of methoxy groups -OCH3 is 1. The fraction of sp³-hybridized carbons (Fsp3) is 0.571. The van der Waals surface area contributed by atoms with Gasteiger partial charge in [-0.3, -0.25) is 4.99 Å². The number of aliphatic imine (C=N–C) groups is 1. The molecule has 0 saturated carbocycles. The summed E-state index contributed by atoms with van der Waals surface area (Å²) in [7, 11) is 1.54. The van der Waals surface area contributed by atoms with E-state index in [1.807, 2.05) is 6.26 Å². The third-order valence-electron chi connectivity index (χ3n) is 1.11. The lowest BCUT2D eigenvalue weighted by molar-refractivity contribution is 0.0911. The van der Waals surface area contributed by atoms with E-state index in [1.165, 1.54) is 18.0 Å². The second-order valence-electron chi connectivity index (χ2n) is 1.89. The van der Waals surface area contributed by atoms with Gasteiger partial charge in [0.1, 0.15) is 6.10 Å². The molecule has 0 bridgehead atoms. The summed E-state index contributed by atoms with van der Waals surface area (Å²) < 4.78 is 4.77. The van der Waals surface area contributed by atoms with Gasteiger partial charge in [-0.1, -0.05) is 0 Å². The van der Waals surface area contributed by atoms with Gasteiger partial charge in [0.15, 0.2) is 0 Å². The number of rotatable bonds is 5. The molecule has 0 saturated heterocycles. The first kappa shape index (κ1) is 10.7. The third kappa shape index (κ3) is 4.19. The Hall–Kier alpha value is -0.320. The van der Waals surface area contributed by atoms with Gasteiger partial charge in [0.05, 0.1) is 6.61 Å². The molecule has 64 valence electrons. The molecule has 0 aromatic rings. The van der Waals surface area contributed by atoms with E-state index >= 15 is 0 Å². The minimum Gasteiger partial charge on any atom is -0.385 e. The van der Waals surface area contributed by atoms with Crippen molar-refractivity contribution in [3.05, 3.63) is 11.1 Å². The van der Waals surface area contributed by atoms with Crippen molar-refractivity contribution in [3.8, 4) is 0 Å². The van der Waals surface area contributed by atoms with Gasteiger partial charge in [0, 0.05) is 18.2 Å². The lowest BCUT2D eigenvalue weighted by Crippen LogP contribution is -2.14. The normalized spacial score (nSPS) is 14.6. The van der Waals surface area contributed by atoms with Crippen LogP contribution in [0.5, 0.6) is 0 Å². The standard InChI is InChI=1S/C7H13NO2S/c1-8-4-7(11-3)6(9)5-10-2/h4,6,9H,1,5H2,2-3H3/b7-4-. The zero-order chi connectivity index (χ0) is 8.69. The van der Waals surface area contributed by atoms with Crippen LogP contribution in [0.15, 0.2) is 16.1 Å². The number of aliphatic hydroxyl groups is 1. The Labute approximate surface area is 71.2 Å². The molecular weight excluding hydrogens is 162 g/mol. The summed E-state index contributed by atoms with van der Waals surface area (Å²) in [5.74, 6) is 0. The largest absolute Gasteiger partial charge is 0.385 e. The van der Waals surface area contributed by atoms with Crippen LogP contribution in [0.2, 0.25) is 0 Å². The maximum Gasteiger partial charge on any atom is 0.110 e. The summed E-state index contributed by atoms with van der Waals surface area (Å²) in [6.07, 6.45) is 2.82. The molecule has 0 fully saturated rings. The van der Waals surface area contributed by atoms with Crippen molar-refractivity contribution in [2.45, 2.75) is 6.10 Å². The molecule has 0 rings (SSSR count). The Morgan fingerprint density at radius 3 is 2.91 bits per heavy atom. The van der Waals surface area contributed by atoms with Crippen LogP contribution < -0.4 is 0 Å². The highest BCUT2D eigenvalue weighted by Crippen LogP contribution is 2.16.